The van der Waals surface area contributed by atoms with Gasteiger partial charge in [0.05, 0.1) is 6.61 Å². The third-order valence-corrected chi connectivity index (χ3v) is 3.84. The van der Waals surface area contributed by atoms with Crippen molar-refractivity contribution in [1.29, 1.82) is 0 Å². The van der Waals surface area contributed by atoms with Crippen LogP contribution in [0.3, 0.4) is 0 Å². The van der Waals surface area contributed by atoms with Gasteiger partial charge in [0.1, 0.15) is 6.04 Å². The molecule has 3 nitrogen and oxygen atoms in total. The van der Waals surface area contributed by atoms with Gasteiger partial charge in [-0.05, 0) is 33.7 Å². The molecule has 1 fully saturated rings. The van der Waals surface area contributed by atoms with Crippen LogP contribution in [-0.4, -0.2) is 31.4 Å². The second-order valence-electron chi connectivity index (χ2n) is 3.41. The molecule has 1 saturated heterocycles. The van der Waals surface area contributed by atoms with Crippen molar-refractivity contribution in [2.24, 2.45) is 0 Å². The quantitative estimate of drug-likeness (QED) is 0.429. The number of unbranched alkanes of at least 4 members (excludes halogenated alkanes) is 1. The highest BCUT2D eigenvalue weighted by Gasteiger charge is 2.27. The maximum absolute atomic E-state index is 11.4. The molecule has 4 heteroatoms. The zero-order chi connectivity index (χ0) is 9.68. The minimum atomic E-state index is -0.106. The fourth-order valence-corrected chi connectivity index (χ4v) is 2.85. The van der Waals surface area contributed by atoms with E-state index in [1.807, 2.05) is 0 Å². The summed E-state index contributed by atoms with van der Waals surface area (Å²) in [5.74, 6) is -0.0553. The zero-order valence-electron chi connectivity index (χ0n) is 8.38. The molecule has 0 aromatic rings. The Labute approximate surface area is 81.0 Å². The molecule has 1 unspecified atom stereocenters. The lowest BCUT2D eigenvalue weighted by Crippen LogP contribution is -2.30. The van der Waals surface area contributed by atoms with Gasteiger partial charge in [0.2, 0.25) is 0 Å². The highest BCUT2D eigenvalue weighted by molar-refractivity contribution is 7.55. The number of hydrogen-bond acceptors (Lipinski definition) is 3. The van der Waals surface area contributed by atoms with Crippen LogP contribution in [0.15, 0.2) is 0 Å². The minimum absolute atomic E-state index is 0.0204. The van der Waals surface area contributed by atoms with E-state index in [1.165, 1.54) is 0 Å². The summed E-state index contributed by atoms with van der Waals surface area (Å²) in [5, 5.41) is 3.27. The van der Waals surface area contributed by atoms with E-state index in [-0.39, 0.29) is 20.1 Å². The topological polar surface area (TPSA) is 38.3 Å². The number of carbonyl (C=O) groups excluding carboxylic acids is 1. The Morgan fingerprint density at radius 1 is 1.69 bits per heavy atom. The number of esters is 1. The van der Waals surface area contributed by atoms with Gasteiger partial charge in [0.15, 0.2) is 0 Å². The monoisotopic (exact) mass is 203 g/mol. The Balaban J connectivity index is 2.16. The molecule has 2 atom stereocenters. The molecule has 0 bridgehead atoms. The van der Waals surface area contributed by atoms with Crippen LogP contribution in [0.2, 0.25) is 0 Å². The molecular formula is C9H18NO2P. The fraction of sp³-hybridized carbons (Fsp3) is 0.889. The maximum atomic E-state index is 11.4. The van der Waals surface area contributed by atoms with Crippen molar-refractivity contribution >= 4 is 14.0 Å². The molecule has 1 heterocycles. The Morgan fingerprint density at radius 2 is 2.46 bits per heavy atom. The summed E-state index contributed by atoms with van der Waals surface area (Å²) < 4.78 is 5.12. The Kier molecular flexibility index (Phi) is 4.68. The molecule has 1 N–H and O–H groups in total. The number of hydrogen-bond donors (Lipinski definition) is 1. The molecule has 0 saturated carbocycles. The summed E-state index contributed by atoms with van der Waals surface area (Å²) in [5.41, 5.74) is 0. The highest BCUT2D eigenvalue weighted by Crippen LogP contribution is 2.34. The second-order valence-corrected chi connectivity index (χ2v) is 5.51. The molecule has 13 heavy (non-hydrogen) atoms. The van der Waals surface area contributed by atoms with Gasteiger partial charge in [-0.25, -0.2) is 0 Å². The van der Waals surface area contributed by atoms with Gasteiger partial charge in [-0.2, -0.15) is 0 Å². The van der Waals surface area contributed by atoms with E-state index in [9.17, 15) is 4.79 Å². The first kappa shape index (κ1) is 10.9. The summed E-state index contributed by atoms with van der Waals surface area (Å²) in [6.45, 7) is 4.83. The minimum Gasteiger partial charge on any atom is -0.465 e. The van der Waals surface area contributed by atoms with Gasteiger partial charge >= 0.3 is 5.97 Å². The van der Waals surface area contributed by atoms with Crippen LogP contribution in [0.1, 0.15) is 26.2 Å². The number of carbonyl (C=O) groups is 1. The number of ether oxygens (including phenoxy) is 1. The number of nitrogens with one attached hydrogen (secondary N) is 1. The third kappa shape index (κ3) is 3.61. The van der Waals surface area contributed by atoms with Gasteiger partial charge < -0.3 is 4.74 Å². The lowest BCUT2D eigenvalue weighted by atomic mass is 10.2. The average Bonchev–Trinajstić information content (AvgIpc) is 2.52. The SMILES string of the molecule is CCCCOC(=O)[C@@H]1CCP(C)N1. The molecule has 0 amide bonds. The highest BCUT2D eigenvalue weighted by atomic mass is 31.1. The second kappa shape index (κ2) is 5.56. The first-order valence-electron chi connectivity index (χ1n) is 4.88. The average molecular weight is 203 g/mol. The van der Waals surface area contributed by atoms with E-state index in [0.717, 1.165) is 25.4 Å². The summed E-state index contributed by atoms with van der Waals surface area (Å²) in [4.78, 5) is 11.4. The third-order valence-electron chi connectivity index (χ3n) is 2.16. The van der Waals surface area contributed by atoms with Crippen molar-refractivity contribution in [1.82, 2.24) is 5.09 Å². The maximum Gasteiger partial charge on any atom is 0.323 e. The molecule has 1 rings (SSSR count). The van der Waals surface area contributed by atoms with Crippen LogP contribution in [0.25, 0.3) is 0 Å². The van der Waals surface area contributed by atoms with Crippen LogP contribution in [0.4, 0.5) is 0 Å². The van der Waals surface area contributed by atoms with Gasteiger partial charge in [-0.15, -0.1) is 0 Å². The van der Waals surface area contributed by atoms with Gasteiger partial charge in [-0.3, -0.25) is 9.88 Å². The lowest BCUT2D eigenvalue weighted by Gasteiger charge is -2.10. The first-order valence-corrected chi connectivity index (χ1v) is 6.85. The molecule has 1 aliphatic rings. The fourth-order valence-electron chi connectivity index (χ4n) is 1.31. The molecule has 0 radical (unpaired) electrons. The Morgan fingerprint density at radius 3 is 3.00 bits per heavy atom. The van der Waals surface area contributed by atoms with Crippen LogP contribution < -0.4 is 5.09 Å². The van der Waals surface area contributed by atoms with E-state index >= 15 is 0 Å². The molecule has 0 aromatic carbocycles. The predicted octanol–water partition coefficient (Wildman–Crippen LogP) is 1.72. The van der Waals surface area contributed by atoms with Crippen molar-refractivity contribution < 1.29 is 9.53 Å². The predicted molar refractivity (Wildman–Crippen MR) is 55.1 cm³/mol. The molecule has 0 aromatic heterocycles. The van der Waals surface area contributed by atoms with E-state index < -0.39 is 0 Å². The van der Waals surface area contributed by atoms with Crippen molar-refractivity contribution in [3.05, 3.63) is 0 Å². The smallest absolute Gasteiger partial charge is 0.323 e. The molecule has 1 aliphatic heterocycles. The molecule has 0 aliphatic carbocycles. The summed E-state index contributed by atoms with van der Waals surface area (Å²) in [6.07, 6.45) is 4.14. The van der Waals surface area contributed by atoms with Crippen molar-refractivity contribution in [3.8, 4) is 0 Å². The van der Waals surface area contributed by atoms with Gasteiger partial charge in [-0.1, -0.05) is 13.3 Å². The lowest BCUT2D eigenvalue weighted by molar-refractivity contribution is -0.145. The number of rotatable bonds is 4. The van der Waals surface area contributed by atoms with E-state index in [0.29, 0.717) is 6.61 Å². The van der Waals surface area contributed by atoms with Crippen LogP contribution in [0.5, 0.6) is 0 Å². The summed E-state index contributed by atoms with van der Waals surface area (Å²) >= 11 is 0. The molecule has 0 spiro atoms. The molecule has 76 valence electrons. The van der Waals surface area contributed by atoms with Crippen molar-refractivity contribution in [2.45, 2.75) is 32.2 Å². The van der Waals surface area contributed by atoms with Crippen LogP contribution in [-0.2, 0) is 9.53 Å². The largest absolute Gasteiger partial charge is 0.465 e. The Hall–Kier alpha value is -0.140. The van der Waals surface area contributed by atoms with Crippen molar-refractivity contribution in [2.75, 3.05) is 19.4 Å². The standard InChI is InChI=1S/C9H18NO2P/c1-3-4-6-12-9(11)8-5-7-13(2)10-8/h8,10H,3-7H2,1-2H3/t8-,13?/m0/s1. The summed E-state index contributed by atoms with van der Waals surface area (Å²) in [6, 6.07) is -0.0204. The van der Waals surface area contributed by atoms with E-state index in [2.05, 4.69) is 18.7 Å². The van der Waals surface area contributed by atoms with E-state index in [4.69, 9.17) is 4.74 Å². The van der Waals surface area contributed by atoms with Crippen LogP contribution >= 0.6 is 8.07 Å². The van der Waals surface area contributed by atoms with Gasteiger partial charge in [0.25, 0.3) is 0 Å². The normalized spacial score (nSPS) is 27.5. The Bertz CT molecular complexity index is 175. The van der Waals surface area contributed by atoms with Gasteiger partial charge in [0, 0.05) is 0 Å². The van der Waals surface area contributed by atoms with Crippen LogP contribution in [0, 0.1) is 0 Å². The zero-order valence-corrected chi connectivity index (χ0v) is 9.27. The first-order chi connectivity index (χ1) is 6.24. The van der Waals surface area contributed by atoms with Crippen molar-refractivity contribution in [3.63, 3.8) is 0 Å². The summed E-state index contributed by atoms with van der Waals surface area (Å²) in [7, 11) is -0.106. The van der Waals surface area contributed by atoms with E-state index in [1.54, 1.807) is 0 Å². The molecular weight excluding hydrogens is 185 g/mol.